The van der Waals surface area contributed by atoms with Gasteiger partial charge in [0.1, 0.15) is 12.1 Å². The number of fused-ring (bicyclic) bond motifs is 1. The normalized spacial score (nSPS) is 11.2. The minimum Gasteiger partial charge on any atom is -0.394 e. The molecular formula is C14H15N5O2. The molecule has 7 nitrogen and oxygen atoms in total. The summed E-state index contributed by atoms with van der Waals surface area (Å²) in [5, 5.41) is 26.4. The second kappa shape index (κ2) is 5.86. The van der Waals surface area contributed by atoms with Gasteiger partial charge in [-0.05, 0) is 12.1 Å². The van der Waals surface area contributed by atoms with Crippen LogP contribution in [0.25, 0.3) is 16.7 Å². The summed E-state index contributed by atoms with van der Waals surface area (Å²) >= 11 is 0. The van der Waals surface area contributed by atoms with Crippen LogP contribution >= 0.6 is 0 Å². The van der Waals surface area contributed by atoms with E-state index in [9.17, 15) is 0 Å². The molecule has 0 unspecified atom stereocenters. The molecule has 0 aliphatic heterocycles. The lowest BCUT2D eigenvalue weighted by atomic mass is 10.3. The Hall–Kier alpha value is -2.51. The standard InChI is InChI=1S/C14H15N5O2/c20-7-10(8-21)18-13-12-6-17-19(14(12)16-9-15-13)11-4-2-1-3-5-11/h1-6,9-10,20-21H,7-8H2,(H,15,16,18). The monoisotopic (exact) mass is 285 g/mol. The number of hydrogen-bond acceptors (Lipinski definition) is 6. The molecule has 3 N–H and O–H groups in total. The molecule has 0 fully saturated rings. The van der Waals surface area contributed by atoms with Gasteiger partial charge in [-0.25, -0.2) is 14.6 Å². The van der Waals surface area contributed by atoms with Gasteiger partial charge in [0, 0.05) is 0 Å². The van der Waals surface area contributed by atoms with Crippen LogP contribution in [0.4, 0.5) is 5.82 Å². The first-order valence-corrected chi connectivity index (χ1v) is 6.56. The van der Waals surface area contributed by atoms with Gasteiger partial charge in [0.2, 0.25) is 0 Å². The smallest absolute Gasteiger partial charge is 0.168 e. The number of aliphatic hydroxyl groups excluding tert-OH is 2. The molecule has 21 heavy (non-hydrogen) atoms. The Kier molecular flexibility index (Phi) is 3.76. The van der Waals surface area contributed by atoms with Crippen LogP contribution in [0.15, 0.2) is 42.9 Å². The molecule has 7 heteroatoms. The van der Waals surface area contributed by atoms with E-state index in [0.717, 1.165) is 11.1 Å². The molecule has 2 heterocycles. The van der Waals surface area contributed by atoms with E-state index in [4.69, 9.17) is 10.2 Å². The predicted molar refractivity (Wildman–Crippen MR) is 78.2 cm³/mol. The van der Waals surface area contributed by atoms with E-state index in [1.807, 2.05) is 30.3 Å². The minimum atomic E-state index is -0.469. The molecule has 0 aliphatic carbocycles. The van der Waals surface area contributed by atoms with Crippen molar-refractivity contribution in [1.29, 1.82) is 0 Å². The van der Waals surface area contributed by atoms with E-state index in [-0.39, 0.29) is 13.2 Å². The van der Waals surface area contributed by atoms with Crippen molar-refractivity contribution in [2.45, 2.75) is 6.04 Å². The summed E-state index contributed by atoms with van der Waals surface area (Å²) in [6, 6.07) is 9.19. The average Bonchev–Trinajstić information content (AvgIpc) is 2.98. The van der Waals surface area contributed by atoms with Gasteiger partial charge >= 0.3 is 0 Å². The zero-order valence-electron chi connectivity index (χ0n) is 11.2. The molecule has 108 valence electrons. The topological polar surface area (TPSA) is 96.1 Å². The highest BCUT2D eigenvalue weighted by atomic mass is 16.3. The van der Waals surface area contributed by atoms with Gasteiger partial charge in [0.15, 0.2) is 5.65 Å². The number of aromatic nitrogens is 4. The summed E-state index contributed by atoms with van der Waals surface area (Å²) in [6.07, 6.45) is 3.09. The third-order valence-electron chi connectivity index (χ3n) is 3.15. The molecule has 0 saturated heterocycles. The van der Waals surface area contributed by atoms with E-state index in [2.05, 4.69) is 20.4 Å². The van der Waals surface area contributed by atoms with Gasteiger partial charge in [-0.2, -0.15) is 5.10 Å². The number of hydrogen-bond donors (Lipinski definition) is 3. The van der Waals surface area contributed by atoms with E-state index < -0.39 is 6.04 Å². The third-order valence-corrected chi connectivity index (χ3v) is 3.15. The zero-order chi connectivity index (χ0) is 14.7. The minimum absolute atomic E-state index is 0.186. The van der Waals surface area contributed by atoms with Crippen LogP contribution in [0.3, 0.4) is 0 Å². The highest BCUT2D eigenvalue weighted by molar-refractivity contribution is 5.87. The van der Waals surface area contributed by atoms with Gasteiger partial charge in [-0.3, -0.25) is 0 Å². The highest BCUT2D eigenvalue weighted by Crippen LogP contribution is 2.21. The first-order chi connectivity index (χ1) is 10.3. The van der Waals surface area contributed by atoms with Gasteiger partial charge in [-0.15, -0.1) is 0 Å². The van der Waals surface area contributed by atoms with Crippen molar-refractivity contribution in [3.8, 4) is 5.69 Å². The Labute approximate surface area is 120 Å². The lowest BCUT2D eigenvalue weighted by Gasteiger charge is -2.14. The largest absolute Gasteiger partial charge is 0.394 e. The molecule has 3 aromatic rings. The third kappa shape index (κ3) is 2.56. The van der Waals surface area contributed by atoms with Gasteiger partial charge < -0.3 is 15.5 Å². The average molecular weight is 285 g/mol. The van der Waals surface area contributed by atoms with Crippen LogP contribution in [0.5, 0.6) is 0 Å². The maximum Gasteiger partial charge on any atom is 0.168 e. The van der Waals surface area contributed by atoms with Crippen molar-refractivity contribution in [1.82, 2.24) is 19.7 Å². The van der Waals surface area contributed by atoms with Gasteiger partial charge in [0.05, 0.1) is 36.5 Å². The van der Waals surface area contributed by atoms with Gasteiger partial charge in [0.25, 0.3) is 0 Å². The first-order valence-electron chi connectivity index (χ1n) is 6.56. The van der Waals surface area contributed by atoms with E-state index in [0.29, 0.717) is 11.5 Å². The number of para-hydroxylation sites is 1. The quantitative estimate of drug-likeness (QED) is 0.634. The fourth-order valence-electron chi connectivity index (χ4n) is 2.06. The highest BCUT2D eigenvalue weighted by Gasteiger charge is 2.13. The second-order valence-corrected chi connectivity index (χ2v) is 4.56. The Bertz CT molecular complexity index is 725. The predicted octanol–water partition coefficient (Wildman–Crippen LogP) is 0.581. The SMILES string of the molecule is OCC(CO)Nc1ncnc2c1cnn2-c1ccccc1. The summed E-state index contributed by atoms with van der Waals surface area (Å²) in [6.45, 7) is -0.371. The summed E-state index contributed by atoms with van der Waals surface area (Å²) in [5.41, 5.74) is 1.56. The number of aliphatic hydroxyl groups is 2. The van der Waals surface area contributed by atoms with Crippen LogP contribution in [0.2, 0.25) is 0 Å². The van der Waals surface area contributed by atoms with E-state index in [1.165, 1.54) is 6.33 Å². The molecule has 0 atom stereocenters. The molecule has 0 spiro atoms. The van der Waals surface area contributed by atoms with Crippen LogP contribution in [-0.2, 0) is 0 Å². The fourth-order valence-corrected chi connectivity index (χ4v) is 2.06. The molecule has 0 saturated carbocycles. The summed E-state index contributed by atoms with van der Waals surface area (Å²) in [7, 11) is 0. The molecule has 2 aromatic heterocycles. The Morgan fingerprint density at radius 1 is 1.10 bits per heavy atom. The first kappa shape index (κ1) is 13.5. The number of rotatable bonds is 5. The number of benzene rings is 1. The maximum atomic E-state index is 9.16. The zero-order valence-corrected chi connectivity index (χ0v) is 11.2. The second-order valence-electron chi connectivity index (χ2n) is 4.56. The summed E-state index contributed by atoms with van der Waals surface area (Å²) < 4.78 is 1.72. The molecule has 0 bridgehead atoms. The molecule has 0 amide bonds. The van der Waals surface area contributed by atoms with Crippen LogP contribution in [-0.4, -0.2) is 49.2 Å². The molecular weight excluding hydrogens is 270 g/mol. The lowest BCUT2D eigenvalue weighted by Crippen LogP contribution is -2.28. The van der Waals surface area contributed by atoms with Crippen molar-refractivity contribution in [3.05, 3.63) is 42.9 Å². The number of anilines is 1. The maximum absolute atomic E-state index is 9.16. The molecule has 0 radical (unpaired) electrons. The van der Waals surface area contributed by atoms with Crippen LogP contribution in [0.1, 0.15) is 0 Å². The van der Waals surface area contributed by atoms with E-state index >= 15 is 0 Å². The molecule has 1 aromatic carbocycles. The van der Waals surface area contributed by atoms with E-state index in [1.54, 1.807) is 10.9 Å². The van der Waals surface area contributed by atoms with Crippen molar-refractivity contribution >= 4 is 16.9 Å². The molecule has 0 aliphatic rings. The van der Waals surface area contributed by atoms with Crippen LogP contribution < -0.4 is 5.32 Å². The Morgan fingerprint density at radius 2 is 1.86 bits per heavy atom. The number of nitrogens with zero attached hydrogens (tertiary/aromatic N) is 4. The van der Waals surface area contributed by atoms with Crippen molar-refractivity contribution in [2.24, 2.45) is 0 Å². The summed E-state index contributed by atoms with van der Waals surface area (Å²) in [5.74, 6) is 0.537. The van der Waals surface area contributed by atoms with Crippen molar-refractivity contribution in [2.75, 3.05) is 18.5 Å². The van der Waals surface area contributed by atoms with Crippen molar-refractivity contribution in [3.63, 3.8) is 0 Å². The Balaban J connectivity index is 2.04. The van der Waals surface area contributed by atoms with Gasteiger partial charge in [-0.1, -0.05) is 18.2 Å². The molecule has 3 rings (SSSR count). The Morgan fingerprint density at radius 3 is 2.57 bits per heavy atom. The number of nitrogens with one attached hydrogen (secondary N) is 1. The fraction of sp³-hybridized carbons (Fsp3) is 0.214. The lowest BCUT2D eigenvalue weighted by molar-refractivity contribution is 0.203. The van der Waals surface area contributed by atoms with Crippen LogP contribution in [0, 0.1) is 0 Å². The van der Waals surface area contributed by atoms with Crippen molar-refractivity contribution < 1.29 is 10.2 Å². The summed E-state index contributed by atoms with van der Waals surface area (Å²) in [4.78, 5) is 8.41.